The van der Waals surface area contributed by atoms with Crippen LogP contribution in [0.1, 0.15) is 48.9 Å². The Hall–Kier alpha value is -2.97. The summed E-state index contributed by atoms with van der Waals surface area (Å²) in [5, 5.41) is 16.1. The second-order valence-electron chi connectivity index (χ2n) is 9.68. The zero-order valence-electron chi connectivity index (χ0n) is 20.7. The molecule has 1 aliphatic carbocycles. The first-order valence-electron chi connectivity index (χ1n) is 12.6. The molecule has 3 aliphatic rings. The van der Waals surface area contributed by atoms with Gasteiger partial charge in [-0.1, -0.05) is 0 Å². The number of aromatic nitrogens is 2. The molecule has 2 saturated heterocycles. The summed E-state index contributed by atoms with van der Waals surface area (Å²) in [7, 11) is 3.75. The van der Waals surface area contributed by atoms with Crippen LogP contribution in [0.15, 0.2) is 6.20 Å². The van der Waals surface area contributed by atoms with E-state index < -0.39 is 0 Å². The van der Waals surface area contributed by atoms with Crippen molar-refractivity contribution in [3.05, 3.63) is 11.8 Å². The standard InChI is InChI=1S/C24H36N8O3/c1-30(2)24-27-15-20(23(34)31-10-12-35-13-11-31)22(29-24)28-18-7-5-17(6-8-18)26-16-21(33)32-9-3-4-19(32)14-25/h15,17-19,26H,3-13,16H2,1-2H3,(H,27,28,29)/t17?,18?,19-/m0/s1. The molecule has 0 radical (unpaired) electrons. The number of likely N-dealkylation sites (tertiary alicyclic amines) is 1. The minimum Gasteiger partial charge on any atom is -0.378 e. The lowest BCUT2D eigenvalue weighted by Gasteiger charge is -2.32. The quantitative estimate of drug-likeness (QED) is 0.579. The summed E-state index contributed by atoms with van der Waals surface area (Å²) in [6.07, 6.45) is 6.94. The highest BCUT2D eigenvalue weighted by Crippen LogP contribution is 2.25. The fourth-order valence-corrected chi connectivity index (χ4v) is 4.96. The molecule has 1 aromatic rings. The van der Waals surface area contributed by atoms with Gasteiger partial charge >= 0.3 is 0 Å². The Bertz CT molecular complexity index is 935. The van der Waals surface area contributed by atoms with Crippen LogP contribution in [0.2, 0.25) is 0 Å². The van der Waals surface area contributed by atoms with Crippen molar-refractivity contribution in [2.45, 2.75) is 56.7 Å². The first-order chi connectivity index (χ1) is 17.0. The summed E-state index contributed by atoms with van der Waals surface area (Å²) in [5.74, 6) is 1.06. The molecule has 190 valence electrons. The third-order valence-electron chi connectivity index (χ3n) is 7.04. The van der Waals surface area contributed by atoms with Crippen LogP contribution in [0, 0.1) is 11.3 Å². The molecule has 2 aliphatic heterocycles. The second kappa shape index (κ2) is 11.6. The Morgan fingerprint density at radius 3 is 2.54 bits per heavy atom. The molecule has 4 rings (SSSR count). The van der Waals surface area contributed by atoms with Gasteiger partial charge in [-0.25, -0.2) is 4.98 Å². The number of nitriles is 1. The Morgan fingerprint density at radius 1 is 1.14 bits per heavy atom. The number of carbonyl (C=O) groups excluding carboxylic acids is 2. The molecular formula is C24H36N8O3. The van der Waals surface area contributed by atoms with Crippen LogP contribution in [0.3, 0.4) is 0 Å². The molecule has 2 amide bonds. The number of morpholine rings is 1. The van der Waals surface area contributed by atoms with Gasteiger partial charge in [0.2, 0.25) is 11.9 Å². The third-order valence-corrected chi connectivity index (χ3v) is 7.04. The van der Waals surface area contributed by atoms with Crippen LogP contribution in [-0.4, -0.2) is 103 Å². The van der Waals surface area contributed by atoms with Crippen molar-refractivity contribution < 1.29 is 14.3 Å². The fourth-order valence-electron chi connectivity index (χ4n) is 4.96. The number of rotatable bonds is 7. The normalized spacial score (nSPS) is 24.7. The van der Waals surface area contributed by atoms with E-state index in [-0.39, 0.29) is 36.5 Å². The second-order valence-corrected chi connectivity index (χ2v) is 9.68. The van der Waals surface area contributed by atoms with Gasteiger partial charge in [0.15, 0.2) is 0 Å². The average Bonchev–Trinajstić information content (AvgIpc) is 3.37. The molecule has 2 N–H and O–H groups in total. The van der Waals surface area contributed by atoms with Crippen molar-refractivity contribution in [1.29, 1.82) is 5.26 Å². The summed E-state index contributed by atoms with van der Waals surface area (Å²) in [4.78, 5) is 40.0. The molecule has 0 aromatic carbocycles. The third kappa shape index (κ3) is 6.18. The predicted molar refractivity (Wildman–Crippen MR) is 131 cm³/mol. The number of nitrogens with one attached hydrogen (secondary N) is 2. The number of anilines is 2. The van der Waals surface area contributed by atoms with Crippen LogP contribution in [0.4, 0.5) is 11.8 Å². The summed E-state index contributed by atoms with van der Waals surface area (Å²) >= 11 is 0. The average molecular weight is 485 g/mol. The lowest BCUT2D eigenvalue weighted by Crippen LogP contribution is -2.45. The van der Waals surface area contributed by atoms with Crippen LogP contribution < -0.4 is 15.5 Å². The van der Waals surface area contributed by atoms with E-state index in [1.54, 1.807) is 16.0 Å². The van der Waals surface area contributed by atoms with Gasteiger partial charge in [-0.3, -0.25) is 9.59 Å². The van der Waals surface area contributed by atoms with Crippen LogP contribution in [-0.2, 0) is 9.53 Å². The Labute approximate surface area is 206 Å². The molecule has 11 heteroatoms. The number of amides is 2. The molecule has 0 spiro atoms. The SMILES string of the molecule is CN(C)c1ncc(C(=O)N2CCOCC2)c(NC2CCC(NCC(=O)N3CCC[C@H]3C#N)CC2)n1. The number of hydrogen-bond donors (Lipinski definition) is 2. The van der Waals surface area contributed by atoms with Gasteiger partial charge < -0.3 is 30.1 Å². The summed E-state index contributed by atoms with van der Waals surface area (Å²) in [6, 6.07) is 2.40. The van der Waals surface area contributed by atoms with Gasteiger partial charge in [0.1, 0.15) is 17.4 Å². The smallest absolute Gasteiger partial charge is 0.259 e. The van der Waals surface area contributed by atoms with Gasteiger partial charge in [0.25, 0.3) is 5.91 Å². The van der Waals surface area contributed by atoms with Gasteiger partial charge in [0, 0.05) is 52.0 Å². The maximum Gasteiger partial charge on any atom is 0.259 e. The van der Waals surface area contributed by atoms with Crippen LogP contribution in [0.25, 0.3) is 0 Å². The molecule has 35 heavy (non-hydrogen) atoms. The molecule has 1 saturated carbocycles. The minimum atomic E-state index is -0.279. The maximum atomic E-state index is 13.2. The van der Waals surface area contributed by atoms with E-state index in [0.717, 1.165) is 38.5 Å². The van der Waals surface area contributed by atoms with Crippen LogP contribution in [0.5, 0.6) is 0 Å². The maximum absolute atomic E-state index is 13.2. The lowest BCUT2D eigenvalue weighted by molar-refractivity contribution is -0.130. The first-order valence-corrected chi connectivity index (χ1v) is 12.6. The fraction of sp³-hybridized carbons (Fsp3) is 0.708. The first kappa shape index (κ1) is 25.1. The number of carbonyl (C=O) groups is 2. The largest absolute Gasteiger partial charge is 0.378 e. The molecule has 11 nitrogen and oxygen atoms in total. The number of nitrogens with zero attached hydrogens (tertiary/aromatic N) is 6. The predicted octanol–water partition coefficient (Wildman–Crippen LogP) is 0.842. The van der Waals surface area contributed by atoms with Crippen molar-refractivity contribution in [2.75, 3.05) is 63.7 Å². The Morgan fingerprint density at radius 2 is 1.86 bits per heavy atom. The van der Waals surface area contributed by atoms with Gasteiger partial charge in [0.05, 0.1) is 25.8 Å². The summed E-state index contributed by atoms with van der Waals surface area (Å²) in [6.45, 7) is 3.16. The van der Waals surface area contributed by atoms with E-state index in [0.29, 0.717) is 50.2 Å². The highest BCUT2D eigenvalue weighted by atomic mass is 16.5. The van der Waals surface area contributed by atoms with E-state index in [4.69, 9.17) is 4.74 Å². The monoisotopic (exact) mass is 484 g/mol. The molecule has 1 atom stereocenters. The van der Waals surface area contributed by atoms with Crippen LogP contribution >= 0.6 is 0 Å². The highest BCUT2D eigenvalue weighted by molar-refractivity contribution is 5.98. The Balaban J connectivity index is 1.33. The van der Waals surface area contributed by atoms with Gasteiger partial charge in [-0.2, -0.15) is 10.2 Å². The molecule has 0 unspecified atom stereocenters. The number of hydrogen-bond acceptors (Lipinski definition) is 9. The summed E-state index contributed by atoms with van der Waals surface area (Å²) < 4.78 is 5.38. The van der Waals surface area contributed by atoms with E-state index in [1.165, 1.54) is 0 Å². The van der Waals surface area contributed by atoms with Crippen molar-refractivity contribution in [2.24, 2.45) is 0 Å². The minimum absolute atomic E-state index is 0.0118. The van der Waals surface area contributed by atoms with E-state index in [1.807, 2.05) is 19.0 Å². The van der Waals surface area contributed by atoms with Crippen molar-refractivity contribution in [3.8, 4) is 6.07 Å². The molecule has 0 bridgehead atoms. The van der Waals surface area contributed by atoms with Gasteiger partial charge in [-0.05, 0) is 38.5 Å². The lowest BCUT2D eigenvalue weighted by atomic mass is 9.91. The zero-order chi connectivity index (χ0) is 24.8. The topological polar surface area (TPSA) is 127 Å². The molecular weight excluding hydrogens is 448 g/mol. The van der Waals surface area contributed by atoms with Crippen molar-refractivity contribution in [3.63, 3.8) is 0 Å². The van der Waals surface area contributed by atoms with Crippen molar-refractivity contribution in [1.82, 2.24) is 25.1 Å². The van der Waals surface area contributed by atoms with E-state index >= 15 is 0 Å². The van der Waals surface area contributed by atoms with E-state index in [9.17, 15) is 14.9 Å². The Kier molecular flexibility index (Phi) is 8.36. The zero-order valence-corrected chi connectivity index (χ0v) is 20.7. The summed E-state index contributed by atoms with van der Waals surface area (Å²) in [5.41, 5.74) is 0.487. The van der Waals surface area contributed by atoms with E-state index in [2.05, 4.69) is 26.7 Å². The highest BCUT2D eigenvalue weighted by Gasteiger charge is 2.30. The molecule has 3 heterocycles. The van der Waals surface area contributed by atoms with Crippen molar-refractivity contribution >= 4 is 23.6 Å². The molecule has 3 fully saturated rings. The van der Waals surface area contributed by atoms with Gasteiger partial charge in [-0.15, -0.1) is 0 Å². The number of ether oxygens (including phenoxy) is 1. The molecule has 1 aromatic heterocycles.